The number of benzene rings is 1. The molecule has 0 bridgehead atoms. The molecule has 2 nitrogen and oxygen atoms in total. The second-order valence-corrected chi connectivity index (χ2v) is 8.59. The Morgan fingerprint density at radius 2 is 1.64 bits per heavy atom. The van der Waals surface area contributed by atoms with E-state index in [1.807, 2.05) is 0 Å². The van der Waals surface area contributed by atoms with Crippen molar-refractivity contribution in [2.75, 3.05) is 0 Å². The van der Waals surface area contributed by atoms with Crippen LogP contribution in [0.15, 0.2) is 34.1 Å². The smallest absolute Gasteiger partial charge is 0.392 e. The number of hydrogen-bond donors (Lipinski definition) is 0. The number of hydrogen-bond acceptors (Lipinski definition) is 2. The topological polar surface area (TPSA) is 26.3 Å². The third-order valence-corrected chi connectivity index (χ3v) is 7.53. The maximum Gasteiger partial charge on any atom is 0.491 e. The van der Waals surface area contributed by atoms with E-state index in [2.05, 4.69) is 4.18 Å². The summed E-state index contributed by atoms with van der Waals surface area (Å²) >= 11 is 0. The van der Waals surface area contributed by atoms with Crippen LogP contribution in [0.2, 0.25) is 0 Å². The van der Waals surface area contributed by atoms with Crippen molar-refractivity contribution in [1.29, 1.82) is 0 Å². The van der Waals surface area contributed by atoms with Crippen molar-refractivity contribution in [2.24, 2.45) is 5.92 Å². The fraction of sp³-hybridized carbons (Fsp3) is 0.438. The Labute approximate surface area is 141 Å². The molecule has 1 atom stereocenters. The SMILES string of the molecule is O=C(OS1(C(F)(F)F)C(C2CCCC2)=Cc2ccccc21)C(F)(F)F. The zero-order chi connectivity index (χ0) is 18.5. The zero-order valence-electron chi connectivity index (χ0n) is 12.8. The molecule has 0 saturated heterocycles. The minimum atomic E-state index is -5.50. The van der Waals surface area contributed by atoms with Crippen LogP contribution in [0.25, 0.3) is 6.08 Å². The van der Waals surface area contributed by atoms with Gasteiger partial charge in [0.2, 0.25) is 0 Å². The molecule has 1 saturated carbocycles. The van der Waals surface area contributed by atoms with Gasteiger partial charge in [0.25, 0.3) is 0 Å². The average Bonchev–Trinajstić information content (AvgIpc) is 3.12. The third kappa shape index (κ3) is 2.92. The van der Waals surface area contributed by atoms with Gasteiger partial charge in [-0.1, -0.05) is 31.0 Å². The van der Waals surface area contributed by atoms with Crippen LogP contribution in [0.3, 0.4) is 0 Å². The van der Waals surface area contributed by atoms with Gasteiger partial charge in [0.05, 0.1) is 10.3 Å². The van der Waals surface area contributed by atoms with Crippen molar-refractivity contribution in [3.05, 3.63) is 34.7 Å². The van der Waals surface area contributed by atoms with Crippen molar-refractivity contribution in [2.45, 2.75) is 42.3 Å². The molecule has 1 heterocycles. The van der Waals surface area contributed by atoms with E-state index in [0.29, 0.717) is 25.7 Å². The molecule has 0 aromatic heterocycles. The third-order valence-electron chi connectivity index (χ3n) is 4.37. The van der Waals surface area contributed by atoms with Crippen LogP contribution in [0.5, 0.6) is 0 Å². The van der Waals surface area contributed by atoms with Gasteiger partial charge in [-0.05, 0) is 36.5 Å². The first-order valence-corrected chi connectivity index (χ1v) is 9.14. The Bertz CT molecular complexity index is 718. The maximum atomic E-state index is 14.1. The number of rotatable bonds is 2. The van der Waals surface area contributed by atoms with Gasteiger partial charge in [0.1, 0.15) is 0 Å². The quantitative estimate of drug-likeness (QED) is 0.591. The summed E-state index contributed by atoms with van der Waals surface area (Å²) in [7, 11) is -4.55. The van der Waals surface area contributed by atoms with E-state index in [9.17, 15) is 31.1 Å². The summed E-state index contributed by atoms with van der Waals surface area (Å²) in [5, 5.41) is 0. The molecule has 1 aliphatic heterocycles. The molecule has 25 heavy (non-hydrogen) atoms. The van der Waals surface area contributed by atoms with Crippen molar-refractivity contribution in [1.82, 2.24) is 0 Å². The first-order valence-electron chi connectivity index (χ1n) is 7.58. The Morgan fingerprint density at radius 3 is 2.20 bits per heavy atom. The first-order chi connectivity index (χ1) is 11.6. The normalized spacial score (nSPS) is 26.7. The molecule has 1 aromatic rings. The largest absolute Gasteiger partial charge is 0.491 e. The Kier molecular flexibility index (Phi) is 4.33. The molecule has 1 unspecified atom stereocenters. The van der Waals surface area contributed by atoms with E-state index in [4.69, 9.17) is 0 Å². The van der Waals surface area contributed by atoms with E-state index in [1.54, 1.807) is 0 Å². The van der Waals surface area contributed by atoms with Gasteiger partial charge in [0, 0.05) is 9.80 Å². The van der Waals surface area contributed by atoms with Gasteiger partial charge in [-0.2, -0.15) is 26.3 Å². The number of halogens is 6. The van der Waals surface area contributed by atoms with E-state index in [0.717, 1.165) is 6.07 Å². The summed E-state index contributed by atoms with van der Waals surface area (Å²) in [4.78, 5) is 10.8. The molecular weight excluding hydrogens is 370 g/mol. The van der Waals surface area contributed by atoms with E-state index in [1.165, 1.54) is 24.3 Å². The molecule has 0 amide bonds. The van der Waals surface area contributed by atoms with E-state index >= 15 is 0 Å². The van der Waals surface area contributed by atoms with Crippen LogP contribution >= 0.6 is 10.3 Å². The Balaban J connectivity index is 2.18. The van der Waals surface area contributed by atoms with Gasteiger partial charge in [0.15, 0.2) is 0 Å². The molecule has 2 aliphatic rings. The highest BCUT2D eigenvalue weighted by Gasteiger charge is 2.63. The minimum Gasteiger partial charge on any atom is -0.392 e. The molecular formula is C16H14F6O2S. The minimum absolute atomic E-state index is 0.159. The lowest BCUT2D eigenvalue weighted by Gasteiger charge is -2.41. The van der Waals surface area contributed by atoms with Crippen molar-refractivity contribution in [3.63, 3.8) is 0 Å². The fourth-order valence-corrected chi connectivity index (χ4v) is 6.45. The number of carbonyl (C=O) groups is 1. The van der Waals surface area contributed by atoms with Crippen molar-refractivity contribution in [3.8, 4) is 0 Å². The van der Waals surface area contributed by atoms with Gasteiger partial charge in [-0.3, -0.25) is 0 Å². The molecule has 9 heteroatoms. The highest BCUT2D eigenvalue weighted by molar-refractivity contribution is 8.34. The lowest BCUT2D eigenvalue weighted by atomic mass is 10.1. The highest BCUT2D eigenvalue weighted by atomic mass is 32.3. The van der Waals surface area contributed by atoms with Crippen LogP contribution < -0.4 is 0 Å². The second kappa shape index (κ2) is 5.96. The number of allylic oxidation sites excluding steroid dienone is 1. The van der Waals surface area contributed by atoms with Gasteiger partial charge >= 0.3 is 17.7 Å². The molecule has 1 fully saturated rings. The number of carbonyl (C=O) groups excluding carboxylic acids is 1. The molecule has 138 valence electrons. The average molecular weight is 384 g/mol. The molecule has 0 N–H and O–H groups in total. The molecule has 0 radical (unpaired) electrons. The Morgan fingerprint density at radius 1 is 1.04 bits per heavy atom. The fourth-order valence-electron chi connectivity index (χ4n) is 3.35. The van der Waals surface area contributed by atoms with Crippen LogP contribution in [-0.2, 0) is 8.98 Å². The van der Waals surface area contributed by atoms with Crippen LogP contribution in [0, 0.1) is 5.92 Å². The second-order valence-electron chi connectivity index (χ2n) is 5.94. The van der Waals surface area contributed by atoms with Crippen LogP contribution in [0.1, 0.15) is 31.2 Å². The van der Waals surface area contributed by atoms with Gasteiger partial charge in [-0.15, -0.1) is 0 Å². The van der Waals surface area contributed by atoms with Gasteiger partial charge < -0.3 is 4.18 Å². The molecule has 0 spiro atoms. The molecule has 3 rings (SSSR count). The summed E-state index contributed by atoms with van der Waals surface area (Å²) in [6.45, 7) is 0. The molecule has 1 aromatic carbocycles. The van der Waals surface area contributed by atoms with Crippen LogP contribution in [-0.4, -0.2) is 17.7 Å². The highest BCUT2D eigenvalue weighted by Crippen LogP contribution is 2.79. The van der Waals surface area contributed by atoms with Crippen molar-refractivity contribution < 1.29 is 35.3 Å². The Hall–Kier alpha value is -1.64. The van der Waals surface area contributed by atoms with E-state index in [-0.39, 0.29) is 15.4 Å². The van der Waals surface area contributed by atoms with Crippen molar-refractivity contribution >= 4 is 22.4 Å². The summed E-state index contributed by atoms with van der Waals surface area (Å²) < 4.78 is 84.7. The standard InChI is InChI=1S/C16H14F6O2S/c17-15(18,19)14(23)24-25(16(20,21)22)12-8-4-3-7-11(12)9-13(25)10-5-1-2-6-10/h3-4,7-10H,1-2,5-6H2. The molecule has 1 aliphatic carbocycles. The summed E-state index contributed by atoms with van der Waals surface area (Å²) in [5.41, 5.74) is -4.97. The predicted octanol–water partition coefficient (Wildman–Crippen LogP) is 5.94. The first kappa shape index (κ1) is 18.2. The van der Waals surface area contributed by atoms with E-state index < -0.39 is 33.9 Å². The summed E-state index contributed by atoms with van der Waals surface area (Å²) in [5.74, 6) is -3.34. The summed E-state index contributed by atoms with van der Waals surface area (Å²) in [6, 6.07) is 5.30. The predicted molar refractivity (Wildman–Crippen MR) is 80.4 cm³/mol. The maximum absolute atomic E-state index is 14.1. The lowest BCUT2D eigenvalue weighted by molar-refractivity contribution is -0.190. The number of fused-ring (bicyclic) bond motifs is 1. The number of alkyl halides is 6. The zero-order valence-corrected chi connectivity index (χ0v) is 13.6. The summed E-state index contributed by atoms with van der Waals surface area (Å²) in [6.07, 6.45) is -1.97. The monoisotopic (exact) mass is 384 g/mol. The van der Waals surface area contributed by atoms with Gasteiger partial charge in [-0.25, -0.2) is 4.79 Å². The van der Waals surface area contributed by atoms with Crippen LogP contribution in [0.4, 0.5) is 26.3 Å². The lowest BCUT2D eigenvalue weighted by Crippen LogP contribution is -2.33.